The van der Waals surface area contributed by atoms with Crippen LogP contribution in [-0.4, -0.2) is 39.0 Å². The lowest BCUT2D eigenvalue weighted by Gasteiger charge is -2.15. The number of carboxylic acid groups (broad SMARTS) is 1. The zero-order valence-corrected chi connectivity index (χ0v) is 14.4. The van der Waals surface area contributed by atoms with Crippen molar-refractivity contribution in [3.8, 4) is 0 Å². The Kier molecular flexibility index (Phi) is 5.00. The van der Waals surface area contributed by atoms with Crippen LogP contribution in [0.3, 0.4) is 0 Å². The molecular weight excluding hydrogens is 302 g/mol. The van der Waals surface area contributed by atoms with E-state index in [9.17, 15) is 4.79 Å². The molecule has 0 bridgehead atoms. The number of aromatic amines is 1. The second-order valence-electron chi connectivity index (χ2n) is 6.70. The van der Waals surface area contributed by atoms with E-state index in [0.717, 1.165) is 38.3 Å². The molecular formula is C19H25N3O2. The predicted octanol–water partition coefficient (Wildman–Crippen LogP) is 3.04. The molecule has 1 aliphatic rings. The maximum Gasteiger partial charge on any atom is 0.335 e. The quantitative estimate of drug-likeness (QED) is 0.855. The van der Waals surface area contributed by atoms with Crippen LogP contribution in [0.1, 0.15) is 46.5 Å². The third-order valence-electron chi connectivity index (χ3n) is 4.84. The summed E-state index contributed by atoms with van der Waals surface area (Å²) in [5.74, 6) is 0.830. The minimum Gasteiger partial charge on any atom is -0.478 e. The Labute approximate surface area is 142 Å². The molecule has 0 saturated carbocycles. The molecule has 128 valence electrons. The molecule has 2 aromatic rings. The van der Waals surface area contributed by atoms with Gasteiger partial charge in [-0.05, 0) is 49.9 Å². The van der Waals surface area contributed by atoms with Gasteiger partial charge in [-0.15, -0.1) is 0 Å². The van der Waals surface area contributed by atoms with E-state index in [1.54, 1.807) is 12.1 Å². The van der Waals surface area contributed by atoms with E-state index >= 15 is 0 Å². The Morgan fingerprint density at radius 1 is 1.38 bits per heavy atom. The SMILES string of the molecule is CCc1nc(CN2CCC(Cc3ccc(C(=O)O)cc3)C2)c(C)[nH]1. The summed E-state index contributed by atoms with van der Waals surface area (Å²) in [7, 11) is 0. The van der Waals surface area contributed by atoms with E-state index in [2.05, 4.69) is 28.7 Å². The zero-order valence-electron chi connectivity index (χ0n) is 14.4. The average molecular weight is 327 g/mol. The Morgan fingerprint density at radius 2 is 2.12 bits per heavy atom. The Hall–Kier alpha value is -2.14. The summed E-state index contributed by atoms with van der Waals surface area (Å²) in [6, 6.07) is 7.28. The molecule has 24 heavy (non-hydrogen) atoms. The molecule has 2 N–H and O–H groups in total. The van der Waals surface area contributed by atoms with Crippen LogP contribution in [-0.2, 0) is 19.4 Å². The number of aromatic nitrogens is 2. The van der Waals surface area contributed by atoms with E-state index in [4.69, 9.17) is 5.11 Å². The smallest absolute Gasteiger partial charge is 0.335 e. The lowest BCUT2D eigenvalue weighted by atomic mass is 9.98. The van der Waals surface area contributed by atoms with Gasteiger partial charge in [-0.2, -0.15) is 0 Å². The number of rotatable bonds is 6. The highest BCUT2D eigenvalue weighted by Gasteiger charge is 2.24. The van der Waals surface area contributed by atoms with Crippen molar-refractivity contribution >= 4 is 5.97 Å². The molecule has 1 aromatic heterocycles. The largest absolute Gasteiger partial charge is 0.478 e. The number of imidazole rings is 1. The van der Waals surface area contributed by atoms with Gasteiger partial charge in [0, 0.05) is 25.2 Å². The summed E-state index contributed by atoms with van der Waals surface area (Å²) in [6.07, 6.45) is 3.14. The number of benzene rings is 1. The predicted molar refractivity (Wildman–Crippen MR) is 93.2 cm³/mol. The van der Waals surface area contributed by atoms with Crippen LogP contribution in [0.5, 0.6) is 0 Å². The average Bonchev–Trinajstić information content (AvgIpc) is 3.15. The molecule has 2 heterocycles. The minimum absolute atomic E-state index is 0.354. The van der Waals surface area contributed by atoms with Gasteiger partial charge >= 0.3 is 5.97 Å². The van der Waals surface area contributed by atoms with Crippen LogP contribution in [0, 0.1) is 12.8 Å². The lowest BCUT2D eigenvalue weighted by molar-refractivity contribution is 0.0697. The molecule has 1 fully saturated rings. The molecule has 1 saturated heterocycles. The monoisotopic (exact) mass is 327 g/mol. The lowest BCUT2D eigenvalue weighted by Crippen LogP contribution is -2.21. The van der Waals surface area contributed by atoms with Crippen molar-refractivity contribution in [1.82, 2.24) is 14.9 Å². The molecule has 1 aromatic carbocycles. The van der Waals surface area contributed by atoms with Crippen molar-refractivity contribution in [3.63, 3.8) is 0 Å². The van der Waals surface area contributed by atoms with Gasteiger partial charge in [0.15, 0.2) is 0 Å². The van der Waals surface area contributed by atoms with Crippen LogP contribution in [0.15, 0.2) is 24.3 Å². The molecule has 3 rings (SSSR count). The maximum atomic E-state index is 10.9. The van der Waals surface area contributed by atoms with Gasteiger partial charge in [0.25, 0.3) is 0 Å². The molecule has 1 unspecified atom stereocenters. The summed E-state index contributed by atoms with van der Waals surface area (Å²) in [4.78, 5) is 21.4. The summed E-state index contributed by atoms with van der Waals surface area (Å²) in [5, 5.41) is 8.96. The van der Waals surface area contributed by atoms with Crippen molar-refractivity contribution in [2.75, 3.05) is 13.1 Å². The van der Waals surface area contributed by atoms with E-state index < -0.39 is 5.97 Å². The number of nitrogens with one attached hydrogen (secondary N) is 1. The molecule has 0 amide bonds. The first-order valence-electron chi connectivity index (χ1n) is 8.64. The summed E-state index contributed by atoms with van der Waals surface area (Å²) in [5.41, 5.74) is 3.92. The molecule has 5 heteroatoms. The highest BCUT2D eigenvalue weighted by molar-refractivity contribution is 5.87. The van der Waals surface area contributed by atoms with Gasteiger partial charge in [0.2, 0.25) is 0 Å². The standard InChI is InChI=1S/C19H25N3O2/c1-3-18-20-13(2)17(21-18)12-22-9-8-15(11-22)10-14-4-6-16(7-5-14)19(23)24/h4-7,15H,3,8-12H2,1-2H3,(H,20,21)(H,23,24). The Morgan fingerprint density at radius 3 is 2.75 bits per heavy atom. The highest BCUT2D eigenvalue weighted by atomic mass is 16.4. The molecule has 5 nitrogen and oxygen atoms in total. The van der Waals surface area contributed by atoms with Crippen LogP contribution < -0.4 is 0 Å². The number of H-pyrrole nitrogens is 1. The first-order valence-corrected chi connectivity index (χ1v) is 8.64. The summed E-state index contributed by atoms with van der Waals surface area (Å²) in [6.45, 7) is 7.31. The summed E-state index contributed by atoms with van der Waals surface area (Å²) < 4.78 is 0. The fraction of sp³-hybridized carbons (Fsp3) is 0.474. The third kappa shape index (κ3) is 3.85. The van der Waals surface area contributed by atoms with Gasteiger partial charge in [0.1, 0.15) is 5.82 Å². The van der Waals surface area contributed by atoms with Gasteiger partial charge in [-0.3, -0.25) is 4.90 Å². The number of hydrogen-bond donors (Lipinski definition) is 2. The number of aryl methyl sites for hydroxylation is 2. The van der Waals surface area contributed by atoms with Crippen LogP contribution >= 0.6 is 0 Å². The number of carboxylic acids is 1. The van der Waals surface area contributed by atoms with Crippen molar-refractivity contribution in [3.05, 3.63) is 52.6 Å². The topological polar surface area (TPSA) is 69.2 Å². The van der Waals surface area contributed by atoms with Crippen molar-refractivity contribution in [1.29, 1.82) is 0 Å². The van der Waals surface area contributed by atoms with Crippen molar-refractivity contribution in [2.24, 2.45) is 5.92 Å². The maximum absolute atomic E-state index is 10.9. The van der Waals surface area contributed by atoms with Crippen LogP contribution in [0.2, 0.25) is 0 Å². The van der Waals surface area contributed by atoms with Crippen LogP contribution in [0.4, 0.5) is 0 Å². The number of nitrogens with zero attached hydrogens (tertiary/aromatic N) is 2. The van der Waals surface area contributed by atoms with Crippen molar-refractivity contribution in [2.45, 2.75) is 39.7 Å². The molecule has 0 radical (unpaired) electrons. The van der Waals surface area contributed by atoms with Crippen molar-refractivity contribution < 1.29 is 9.90 Å². The summed E-state index contributed by atoms with van der Waals surface area (Å²) >= 11 is 0. The van der Waals surface area contributed by atoms with Gasteiger partial charge in [0.05, 0.1) is 11.3 Å². The van der Waals surface area contributed by atoms with Crippen LogP contribution in [0.25, 0.3) is 0 Å². The van der Waals surface area contributed by atoms with E-state index in [-0.39, 0.29) is 0 Å². The van der Waals surface area contributed by atoms with Gasteiger partial charge < -0.3 is 10.1 Å². The van der Waals surface area contributed by atoms with E-state index in [0.29, 0.717) is 11.5 Å². The molecule has 1 atom stereocenters. The van der Waals surface area contributed by atoms with Gasteiger partial charge in [-0.25, -0.2) is 9.78 Å². The number of aromatic carboxylic acids is 1. The first kappa shape index (κ1) is 16.7. The molecule has 0 aliphatic carbocycles. The number of hydrogen-bond acceptors (Lipinski definition) is 3. The second kappa shape index (κ2) is 7.18. The Balaban J connectivity index is 1.55. The molecule has 1 aliphatic heterocycles. The fourth-order valence-electron chi connectivity index (χ4n) is 3.44. The van der Waals surface area contributed by atoms with E-state index in [1.807, 2.05) is 12.1 Å². The number of carbonyl (C=O) groups is 1. The zero-order chi connectivity index (χ0) is 17.1. The second-order valence-corrected chi connectivity index (χ2v) is 6.70. The van der Waals surface area contributed by atoms with E-state index in [1.165, 1.54) is 23.4 Å². The number of likely N-dealkylation sites (tertiary alicyclic amines) is 1. The normalized spacial score (nSPS) is 18.2. The third-order valence-corrected chi connectivity index (χ3v) is 4.84. The first-order chi connectivity index (χ1) is 11.5. The Bertz CT molecular complexity index is 706. The minimum atomic E-state index is -0.866. The highest BCUT2D eigenvalue weighted by Crippen LogP contribution is 2.23. The van der Waals surface area contributed by atoms with Gasteiger partial charge in [-0.1, -0.05) is 19.1 Å². The molecule has 0 spiro atoms. The fourth-order valence-corrected chi connectivity index (χ4v) is 3.44.